The molecule has 1 aromatic carbocycles. The van der Waals surface area contributed by atoms with Gasteiger partial charge in [0.2, 0.25) is 0 Å². The number of benzene rings is 1. The van der Waals surface area contributed by atoms with E-state index in [4.69, 9.17) is 5.11 Å². The summed E-state index contributed by atoms with van der Waals surface area (Å²) in [6, 6.07) is 7.03. The largest absolute Gasteiger partial charge is 0.406 e. The Kier molecular flexibility index (Phi) is 4.32. The van der Waals surface area contributed by atoms with E-state index in [0.29, 0.717) is 0 Å². The second-order valence-electron chi connectivity index (χ2n) is 3.64. The lowest BCUT2D eigenvalue weighted by molar-refractivity contribution is -0.190. The van der Waals surface area contributed by atoms with Crippen molar-refractivity contribution < 1.29 is 18.3 Å². The molecule has 0 aliphatic heterocycles. The second-order valence-corrected chi connectivity index (χ2v) is 3.64. The van der Waals surface area contributed by atoms with Gasteiger partial charge in [-0.15, -0.1) is 0 Å². The molecule has 5 heteroatoms. The summed E-state index contributed by atoms with van der Waals surface area (Å²) in [5.74, 6) is 0. The van der Waals surface area contributed by atoms with Crippen LogP contribution in [-0.2, 0) is 6.54 Å². The van der Waals surface area contributed by atoms with Crippen molar-refractivity contribution in [1.29, 1.82) is 0 Å². The van der Waals surface area contributed by atoms with Crippen molar-refractivity contribution in [2.45, 2.75) is 18.8 Å². The quantitative estimate of drug-likeness (QED) is 0.860. The highest BCUT2D eigenvalue weighted by atomic mass is 19.4. The van der Waals surface area contributed by atoms with Gasteiger partial charge in [0.1, 0.15) is 6.04 Å². The normalized spacial score (nSPS) is 14.1. The molecule has 1 aromatic rings. The zero-order chi connectivity index (χ0) is 12.2. The van der Waals surface area contributed by atoms with E-state index in [1.54, 1.807) is 30.3 Å². The Labute approximate surface area is 92.3 Å². The first-order chi connectivity index (χ1) is 7.45. The van der Waals surface area contributed by atoms with Crippen molar-refractivity contribution in [3.05, 3.63) is 35.9 Å². The number of likely N-dealkylation sites (N-methyl/N-ethyl adjacent to an activating group) is 1. The molecule has 0 spiro atoms. The number of aliphatic hydroxyl groups excluding tert-OH is 1. The third-order valence-electron chi connectivity index (χ3n) is 2.36. The lowest BCUT2D eigenvalue weighted by Crippen LogP contribution is -2.45. The van der Waals surface area contributed by atoms with Crippen LogP contribution in [0.3, 0.4) is 0 Å². The minimum absolute atomic E-state index is 0.158. The fourth-order valence-corrected chi connectivity index (χ4v) is 1.47. The number of hydrogen-bond donors (Lipinski definition) is 1. The number of nitrogens with zero attached hydrogens (tertiary/aromatic N) is 1. The Morgan fingerprint density at radius 1 is 1.25 bits per heavy atom. The molecule has 2 nitrogen and oxygen atoms in total. The van der Waals surface area contributed by atoms with Gasteiger partial charge in [0.25, 0.3) is 0 Å². The summed E-state index contributed by atoms with van der Waals surface area (Å²) < 4.78 is 37.4. The molecule has 90 valence electrons. The number of rotatable bonds is 4. The van der Waals surface area contributed by atoms with Crippen LogP contribution in [0.4, 0.5) is 13.2 Å². The third-order valence-corrected chi connectivity index (χ3v) is 2.36. The lowest BCUT2D eigenvalue weighted by Gasteiger charge is -2.28. The predicted molar refractivity (Wildman–Crippen MR) is 54.8 cm³/mol. The fraction of sp³-hybridized carbons (Fsp3) is 0.455. The van der Waals surface area contributed by atoms with E-state index in [-0.39, 0.29) is 6.54 Å². The highest BCUT2D eigenvalue weighted by Crippen LogP contribution is 2.24. The van der Waals surface area contributed by atoms with Crippen LogP contribution >= 0.6 is 0 Å². The highest BCUT2D eigenvalue weighted by molar-refractivity contribution is 5.14. The van der Waals surface area contributed by atoms with Gasteiger partial charge in [-0.2, -0.15) is 13.2 Å². The van der Waals surface area contributed by atoms with E-state index in [9.17, 15) is 13.2 Å². The number of alkyl halides is 3. The summed E-state index contributed by atoms with van der Waals surface area (Å²) in [6.45, 7) is -0.765. The van der Waals surface area contributed by atoms with Crippen LogP contribution in [0.5, 0.6) is 0 Å². The van der Waals surface area contributed by atoms with E-state index in [0.717, 1.165) is 10.5 Å². The van der Waals surface area contributed by atoms with Crippen LogP contribution in [0.25, 0.3) is 0 Å². The van der Waals surface area contributed by atoms with Crippen molar-refractivity contribution >= 4 is 0 Å². The zero-order valence-corrected chi connectivity index (χ0v) is 8.91. The van der Waals surface area contributed by atoms with Crippen LogP contribution in [-0.4, -0.2) is 35.9 Å². The molecular weight excluding hydrogens is 219 g/mol. The zero-order valence-electron chi connectivity index (χ0n) is 8.91. The average Bonchev–Trinajstić information content (AvgIpc) is 2.17. The Morgan fingerprint density at radius 2 is 1.81 bits per heavy atom. The minimum Gasteiger partial charge on any atom is -0.394 e. The van der Waals surface area contributed by atoms with Crippen LogP contribution in [0.2, 0.25) is 0 Å². The first-order valence-electron chi connectivity index (χ1n) is 4.87. The molecule has 16 heavy (non-hydrogen) atoms. The molecule has 0 aliphatic carbocycles. The molecule has 1 rings (SSSR count). The molecule has 0 bridgehead atoms. The molecule has 0 heterocycles. The van der Waals surface area contributed by atoms with E-state index >= 15 is 0 Å². The summed E-state index contributed by atoms with van der Waals surface area (Å²) in [6.07, 6.45) is -4.40. The number of aliphatic hydroxyl groups is 1. The van der Waals surface area contributed by atoms with Crippen molar-refractivity contribution in [3.63, 3.8) is 0 Å². The average molecular weight is 233 g/mol. The van der Waals surface area contributed by atoms with E-state index in [1.165, 1.54) is 7.05 Å². The second kappa shape index (κ2) is 5.32. The van der Waals surface area contributed by atoms with Crippen molar-refractivity contribution in [1.82, 2.24) is 4.90 Å². The lowest BCUT2D eigenvalue weighted by atomic mass is 10.2. The first kappa shape index (κ1) is 13.0. The van der Waals surface area contributed by atoms with Gasteiger partial charge in [0.15, 0.2) is 0 Å². The van der Waals surface area contributed by atoms with Gasteiger partial charge in [0.05, 0.1) is 6.61 Å². The Bertz CT molecular complexity index is 313. The van der Waals surface area contributed by atoms with Crippen LogP contribution in [0.15, 0.2) is 30.3 Å². The molecule has 0 fully saturated rings. The van der Waals surface area contributed by atoms with Crippen LogP contribution < -0.4 is 0 Å². The monoisotopic (exact) mass is 233 g/mol. The maximum Gasteiger partial charge on any atom is 0.406 e. The molecule has 0 aromatic heterocycles. The van der Waals surface area contributed by atoms with Crippen molar-refractivity contribution in [2.24, 2.45) is 0 Å². The molecule has 0 saturated carbocycles. The first-order valence-corrected chi connectivity index (χ1v) is 4.87. The van der Waals surface area contributed by atoms with Gasteiger partial charge in [-0.25, -0.2) is 0 Å². The smallest absolute Gasteiger partial charge is 0.394 e. The molecule has 0 unspecified atom stereocenters. The summed E-state index contributed by atoms with van der Waals surface area (Å²) in [7, 11) is 1.35. The molecule has 0 aliphatic rings. The SMILES string of the molecule is CN(Cc1ccccc1)[C@H](CO)C(F)(F)F. The topological polar surface area (TPSA) is 23.5 Å². The van der Waals surface area contributed by atoms with Gasteiger partial charge in [-0.05, 0) is 12.6 Å². The van der Waals surface area contributed by atoms with Crippen LogP contribution in [0, 0.1) is 0 Å². The Morgan fingerprint density at radius 3 is 2.25 bits per heavy atom. The van der Waals surface area contributed by atoms with Gasteiger partial charge in [-0.1, -0.05) is 30.3 Å². The maximum atomic E-state index is 12.5. The van der Waals surface area contributed by atoms with Gasteiger partial charge < -0.3 is 5.11 Å². The molecule has 0 saturated heterocycles. The Balaban J connectivity index is 2.67. The molecular formula is C11H14F3NO. The third kappa shape index (κ3) is 3.50. The number of hydrogen-bond acceptors (Lipinski definition) is 2. The van der Waals surface area contributed by atoms with E-state index in [1.807, 2.05) is 0 Å². The van der Waals surface area contributed by atoms with Crippen molar-refractivity contribution in [2.75, 3.05) is 13.7 Å². The Hall–Kier alpha value is -1.07. The molecule has 1 atom stereocenters. The van der Waals surface area contributed by atoms with Crippen LogP contribution in [0.1, 0.15) is 5.56 Å². The molecule has 1 N–H and O–H groups in total. The predicted octanol–water partition coefficient (Wildman–Crippen LogP) is 2.04. The van der Waals surface area contributed by atoms with Crippen molar-refractivity contribution in [3.8, 4) is 0 Å². The van der Waals surface area contributed by atoms with E-state index in [2.05, 4.69) is 0 Å². The maximum absolute atomic E-state index is 12.5. The summed E-state index contributed by atoms with van der Waals surface area (Å²) in [4.78, 5) is 1.09. The molecule has 0 amide bonds. The minimum atomic E-state index is -4.40. The van der Waals surface area contributed by atoms with Gasteiger partial charge in [-0.3, -0.25) is 4.90 Å². The summed E-state index contributed by atoms with van der Waals surface area (Å²) in [5, 5.41) is 8.75. The summed E-state index contributed by atoms with van der Waals surface area (Å²) >= 11 is 0. The fourth-order valence-electron chi connectivity index (χ4n) is 1.47. The number of halogens is 3. The molecule has 0 radical (unpaired) electrons. The highest BCUT2D eigenvalue weighted by Gasteiger charge is 2.41. The van der Waals surface area contributed by atoms with Gasteiger partial charge in [0, 0.05) is 6.54 Å². The van der Waals surface area contributed by atoms with E-state index < -0.39 is 18.8 Å². The van der Waals surface area contributed by atoms with Gasteiger partial charge >= 0.3 is 6.18 Å². The summed E-state index contributed by atoms with van der Waals surface area (Å²) in [5.41, 5.74) is 0.785. The standard InChI is InChI=1S/C11H14F3NO/c1-15(10(8-16)11(12,13)14)7-9-5-3-2-4-6-9/h2-6,10,16H,7-8H2,1H3/t10-/m1/s1.